The third-order valence-corrected chi connectivity index (χ3v) is 3.75. The van der Waals surface area contributed by atoms with Crippen LogP contribution in [0.5, 0.6) is 5.75 Å². The van der Waals surface area contributed by atoms with Gasteiger partial charge in [0.2, 0.25) is 0 Å². The summed E-state index contributed by atoms with van der Waals surface area (Å²) in [5.74, 6) is 0.0748. The van der Waals surface area contributed by atoms with Crippen LogP contribution in [0.1, 0.15) is 15.9 Å². The molecule has 2 aromatic rings. The molecule has 2 rings (SSSR count). The van der Waals surface area contributed by atoms with Crippen molar-refractivity contribution in [3.8, 4) is 5.75 Å². The molecule has 0 saturated heterocycles. The van der Waals surface area contributed by atoms with Crippen LogP contribution in [0.3, 0.4) is 0 Å². The molecule has 2 aromatic carbocycles. The molecule has 0 aliphatic rings. The second-order valence-corrected chi connectivity index (χ2v) is 5.78. The van der Waals surface area contributed by atoms with Gasteiger partial charge < -0.3 is 10.1 Å². The van der Waals surface area contributed by atoms with Gasteiger partial charge >= 0.3 is 0 Å². The number of nitrogens with one attached hydrogen (secondary N) is 1. The molecule has 1 N–H and O–H groups in total. The van der Waals surface area contributed by atoms with Crippen LogP contribution in [-0.2, 0) is 11.3 Å². The summed E-state index contributed by atoms with van der Waals surface area (Å²) < 4.78 is 6.14. The first kappa shape index (κ1) is 16.5. The average molecular weight is 383 g/mol. The van der Waals surface area contributed by atoms with Crippen molar-refractivity contribution in [2.75, 3.05) is 6.61 Å². The van der Waals surface area contributed by atoms with Crippen molar-refractivity contribution < 1.29 is 14.3 Å². The maximum atomic E-state index is 11.8. The quantitative estimate of drug-likeness (QED) is 0.777. The van der Waals surface area contributed by atoms with Crippen LogP contribution < -0.4 is 10.1 Å². The molecule has 6 heteroatoms. The van der Waals surface area contributed by atoms with Gasteiger partial charge in [-0.2, -0.15) is 0 Å². The molecule has 0 aromatic heterocycles. The summed E-state index contributed by atoms with van der Waals surface area (Å²) in [5.41, 5.74) is 1.21. The Labute approximate surface area is 141 Å². The molecule has 0 atom stereocenters. The van der Waals surface area contributed by atoms with Gasteiger partial charge in [0, 0.05) is 16.0 Å². The minimum Gasteiger partial charge on any atom is -0.483 e. The molecule has 0 fully saturated rings. The second kappa shape index (κ2) is 7.96. The van der Waals surface area contributed by atoms with E-state index in [0.29, 0.717) is 29.2 Å². The Kier molecular flexibility index (Phi) is 5.98. The van der Waals surface area contributed by atoms with E-state index in [9.17, 15) is 9.59 Å². The van der Waals surface area contributed by atoms with Gasteiger partial charge in [-0.05, 0) is 29.8 Å². The van der Waals surface area contributed by atoms with E-state index in [4.69, 9.17) is 16.3 Å². The van der Waals surface area contributed by atoms with Crippen molar-refractivity contribution in [3.63, 3.8) is 0 Å². The third-order valence-electron chi connectivity index (χ3n) is 2.89. The van der Waals surface area contributed by atoms with E-state index in [1.165, 1.54) is 0 Å². The Bertz CT molecular complexity index is 691. The largest absolute Gasteiger partial charge is 0.483 e. The summed E-state index contributed by atoms with van der Waals surface area (Å²) in [7, 11) is 0. The van der Waals surface area contributed by atoms with E-state index in [2.05, 4.69) is 21.2 Å². The van der Waals surface area contributed by atoms with Gasteiger partial charge in [-0.15, -0.1) is 0 Å². The molecule has 0 saturated carbocycles. The Balaban J connectivity index is 1.88. The zero-order chi connectivity index (χ0) is 15.9. The molecule has 1 amide bonds. The van der Waals surface area contributed by atoms with Crippen molar-refractivity contribution in [1.82, 2.24) is 5.32 Å². The van der Waals surface area contributed by atoms with Crippen LogP contribution in [0, 0.1) is 0 Å². The molecule has 0 unspecified atom stereocenters. The number of aldehydes is 1. The van der Waals surface area contributed by atoms with Crippen LogP contribution in [0.25, 0.3) is 0 Å². The van der Waals surface area contributed by atoms with Crippen LogP contribution in [0.15, 0.2) is 46.9 Å². The number of carbonyl (C=O) groups excluding carboxylic acids is 2. The number of halogens is 2. The number of amides is 1. The van der Waals surface area contributed by atoms with Crippen LogP contribution in [0.4, 0.5) is 0 Å². The highest BCUT2D eigenvalue weighted by atomic mass is 79.9. The van der Waals surface area contributed by atoms with Crippen LogP contribution in [0.2, 0.25) is 5.02 Å². The second-order valence-electron chi connectivity index (χ2n) is 4.46. The third kappa shape index (κ3) is 4.58. The summed E-state index contributed by atoms with van der Waals surface area (Å²) in [6.45, 7) is 0.148. The molecule has 0 spiro atoms. The maximum absolute atomic E-state index is 11.8. The summed E-state index contributed by atoms with van der Waals surface area (Å²) in [6.07, 6.45) is 0.682. The van der Waals surface area contributed by atoms with E-state index >= 15 is 0 Å². The van der Waals surface area contributed by atoms with Gasteiger partial charge in [0.25, 0.3) is 5.91 Å². The summed E-state index contributed by atoms with van der Waals surface area (Å²) in [5, 5.41) is 3.31. The highest BCUT2D eigenvalue weighted by molar-refractivity contribution is 9.10. The van der Waals surface area contributed by atoms with Gasteiger partial charge in [0.15, 0.2) is 12.9 Å². The number of ether oxygens (including phenoxy) is 1. The van der Waals surface area contributed by atoms with Gasteiger partial charge in [-0.3, -0.25) is 9.59 Å². The minimum atomic E-state index is -0.292. The number of benzene rings is 2. The maximum Gasteiger partial charge on any atom is 0.258 e. The predicted molar refractivity (Wildman–Crippen MR) is 88.3 cm³/mol. The van der Waals surface area contributed by atoms with Gasteiger partial charge in [0.1, 0.15) is 5.75 Å². The molecular formula is C16H13BrClNO3. The smallest absolute Gasteiger partial charge is 0.258 e. The fourth-order valence-corrected chi connectivity index (χ4v) is 2.35. The molecular weight excluding hydrogens is 370 g/mol. The Hall–Kier alpha value is -1.85. The average Bonchev–Trinajstić information content (AvgIpc) is 2.52. The number of rotatable bonds is 6. The molecule has 22 heavy (non-hydrogen) atoms. The zero-order valence-electron chi connectivity index (χ0n) is 11.5. The fourth-order valence-electron chi connectivity index (χ4n) is 1.77. The van der Waals surface area contributed by atoms with E-state index in [1.807, 2.05) is 18.2 Å². The predicted octanol–water partition coefficient (Wildman–Crippen LogP) is 3.61. The van der Waals surface area contributed by atoms with Gasteiger partial charge in [-0.1, -0.05) is 45.7 Å². The lowest BCUT2D eigenvalue weighted by Gasteiger charge is -2.10. The number of hydrogen-bond donors (Lipinski definition) is 1. The molecule has 0 aliphatic heterocycles. The molecule has 0 heterocycles. The highest BCUT2D eigenvalue weighted by Crippen LogP contribution is 2.21. The van der Waals surface area contributed by atoms with Gasteiger partial charge in [-0.25, -0.2) is 0 Å². The zero-order valence-corrected chi connectivity index (χ0v) is 13.9. The summed E-state index contributed by atoms with van der Waals surface area (Å²) >= 11 is 9.28. The first-order chi connectivity index (χ1) is 10.6. The van der Waals surface area contributed by atoms with Crippen molar-refractivity contribution >= 4 is 39.7 Å². The first-order valence-corrected chi connectivity index (χ1v) is 7.65. The minimum absolute atomic E-state index is 0.174. The van der Waals surface area contributed by atoms with E-state index in [-0.39, 0.29) is 12.5 Å². The Morgan fingerprint density at radius 2 is 2.05 bits per heavy atom. The lowest BCUT2D eigenvalue weighted by atomic mass is 10.2. The SMILES string of the molecule is O=Cc1cc(Br)ccc1OCC(=O)NCc1ccccc1Cl. The monoisotopic (exact) mass is 381 g/mol. The summed E-state index contributed by atoms with van der Waals surface area (Å²) in [6, 6.07) is 12.3. The van der Waals surface area contributed by atoms with Crippen LogP contribution >= 0.6 is 27.5 Å². The molecule has 114 valence electrons. The normalized spacial score (nSPS) is 10.1. The molecule has 0 aliphatic carbocycles. The molecule has 4 nitrogen and oxygen atoms in total. The lowest BCUT2D eigenvalue weighted by Crippen LogP contribution is -2.28. The Morgan fingerprint density at radius 3 is 2.77 bits per heavy atom. The first-order valence-electron chi connectivity index (χ1n) is 6.48. The van der Waals surface area contributed by atoms with Gasteiger partial charge in [0.05, 0.1) is 5.56 Å². The van der Waals surface area contributed by atoms with E-state index in [0.717, 1.165) is 10.0 Å². The van der Waals surface area contributed by atoms with Crippen molar-refractivity contribution in [2.45, 2.75) is 6.54 Å². The molecule has 0 radical (unpaired) electrons. The number of hydrogen-bond acceptors (Lipinski definition) is 3. The van der Waals surface area contributed by atoms with Crippen molar-refractivity contribution in [1.29, 1.82) is 0 Å². The van der Waals surface area contributed by atoms with E-state index < -0.39 is 0 Å². The lowest BCUT2D eigenvalue weighted by molar-refractivity contribution is -0.123. The topological polar surface area (TPSA) is 55.4 Å². The fraction of sp³-hybridized carbons (Fsp3) is 0.125. The van der Waals surface area contributed by atoms with Crippen LogP contribution in [-0.4, -0.2) is 18.8 Å². The standard InChI is InChI=1S/C16H13BrClNO3/c17-13-5-6-15(12(7-13)9-20)22-10-16(21)19-8-11-3-1-2-4-14(11)18/h1-7,9H,8,10H2,(H,19,21). The Morgan fingerprint density at radius 1 is 1.27 bits per heavy atom. The highest BCUT2D eigenvalue weighted by Gasteiger charge is 2.08. The van der Waals surface area contributed by atoms with E-state index in [1.54, 1.807) is 24.3 Å². The number of carbonyl (C=O) groups is 2. The molecule has 0 bridgehead atoms. The van der Waals surface area contributed by atoms with Crippen molar-refractivity contribution in [2.24, 2.45) is 0 Å². The van der Waals surface area contributed by atoms with Crippen molar-refractivity contribution in [3.05, 3.63) is 63.1 Å². The summed E-state index contributed by atoms with van der Waals surface area (Å²) in [4.78, 5) is 22.7.